The third-order valence-electron chi connectivity index (χ3n) is 2.27. The van der Waals surface area contributed by atoms with Gasteiger partial charge in [-0.05, 0) is 13.8 Å². The lowest BCUT2D eigenvalue weighted by Crippen LogP contribution is -2.14. The minimum absolute atomic E-state index is 0.000381. The van der Waals surface area contributed by atoms with Crippen molar-refractivity contribution in [3.63, 3.8) is 0 Å². The number of nitro benzene ring substituents is 1. The Kier molecular flexibility index (Phi) is 5.01. The van der Waals surface area contributed by atoms with E-state index < -0.39 is 39.4 Å². The summed E-state index contributed by atoms with van der Waals surface area (Å²) in [4.78, 5) is 33.5. The predicted molar refractivity (Wildman–Crippen MR) is 66.7 cm³/mol. The summed E-state index contributed by atoms with van der Waals surface area (Å²) in [5.74, 6) is -2.47. The van der Waals surface area contributed by atoms with Crippen LogP contribution in [0.5, 0.6) is 5.75 Å². The van der Waals surface area contributed by atoms with Gasteiger partial charge in [0.25, 0.3) is 5.69 Å². The van der Waals surface area contributed by atoms with E-state index in [0.29, 0.717) is 0 Å². The second kappa shape index (κ2) is 6.50. The molecule has 0 heterocycles. The SMILES string of the molecule is CCOC(=O)c1cc(O)cc(C(=O)OCC)c1[N+](=O)[O-]. The Labute approximate surface area is 114 Å². The lowest BCUT2D eigenvalue weighted by Gasteiger charge is -2.08. The molecule has 0 atom stereocenters. The van der Waals surface area contributed by atoms with Gasteiger partial charge in [0.05, 0.1) is 18.1 Å². The second-order valence-electron chi connectivity index (χ2n) is 3.59. The first-order valence-corrected chi connectivity index (χ1v) is 5.78. The zero-order valence-electron chi connectivity index (χ0n) is 10.9. The van der Waals surface area contributed by atoms with Crippen LogP contribution in [0, 0.1) is 10.1 Å². The third kappa shape index (κ3) is 3.22. The Bertz CT molecular complexity index is 514. The molecular formula is C12H13NO7. The van der Waals surface area contributed by atoms with Crippen LogP contribution < -0.4 is 0 Å². The zero-order valence-corrected chi connectivity index (χ0v) is 10.9. The van der Waals surface area contributed by atoms with Crippen molar-refractivity contribution in [1.29, 1.82) is 0 Å². The molecule has 1 aromatic rings. The zero-order chi connectivity index (χ0) is 15.3. The maximum Gasteiger partial charge on any atom is 0.345 e. The van der Waals surface area contributed by atoms with Crippen molar-refractivity contribution >= 4 is 17.6 Å². The van der Waals surface area contributed by atoms with Crippen LogP contribution >= 0.6 is 0 Å². The first-order valence-electron chi connectivity index (χ1n) is 5.78. The summed E-state index contributed by atoms with van der Waals surface area (Å²) < 4.78 is 9.32. The van der Waals surface area contributed by atoms with Gasteiger partial charge in [-0.1, -0.05) is 0 Å². The number of ether oxygens (including phenoxy) is 2. The van der Waals surface area contributed by atoms with E-state index in [0.717, 1.165) is 12.1 Å². The number of esters is 2. The molecule has 0 saturated carbocycles. The van der Waals surface area contributed by atoms with Crippen LogP contribution in [0.25, 0.3) is 0 Å². The van der Waals surface area contributed by atoms with Crippen LogP contribution in [0.4, 0.5) is 5.69 Å². The second-order valence-corrected chi connectivity index (χ2v) is 3.59. The summed E-state index contributed by atoms with van der Waals surface area (Å²) in [5, 5.41) is 20.6. The Morgan fingerprint density at radius 2 is 1.55 bits per heavy atom. The molecule has 0 amide bonds. The Morgan fingerprint density at radius 1 is 1.15 bits per heavy atom. The molecule has 0 spiro atoms. The minimum Gasteiger partial charge on any atom is -0.508 e. The lowest BCUT2D eigenvalue weighted by atomic mass is 10.1. The summed E-state index contributed by atoms with van der Waals surface area (Å²) in [6.45, 7) is 3.05. The van der Waals surface area contributed by atoms with E-state index in [1.807, 2.05) is 0 Å². The molecule has 0 radical (unpaired) electrons. The number of nitrogens with zero attached hydrogens (tertiary/aromatic N) is 1. The van der Waals surface area contributed by atoms with E-state index in [-0.39, 0.29) is 13.2 Å². The van der Waals surface area contributed by atoms with Gasteiger partial charge in [0.15, 0.2) is 0 Å². The van der Waals surface area contributed by atoms with Crippen LogP contribution in [-0.2, 0) is 9.47 Å². The van der Waals surface area contributed by atoms with Crippen LogP contribution in [0.1, 0.15) is 34.6 Å². The van der Waals surface area contributed by atoms with Crippen LogP contribution in [0.15, 0.2) is 12.1 Å². The summed E-state index contributed by atoms with van der Waals surface area (Å²) in [5.41, 5.74) is -1.75. The number of rotatable bonds is 5. The van der Waals surface area contributed by atoms with E-state index in [1.165, 1.54) is 13.8 Å². The monoisotopic (exact) mass is 283 g/mol. The molecule has 0 aromatic heterocycles. The van der Waals surface area contributed by atoms with E-state index >= 15 is 0 Å². The van der Waals surface area contributed by atoms with Crippen molar-refractivity contribution in [3.05, 3.63) is 33.4 Å². The number of hydrogen-bond donors (Lipinski definition) is 1. The fraction of sp³-hybridized carbons (Fsp3) is 0.333. The highest BCUT2D eigenvalue weighted by atomic mass is 16.6. The highest BCUT2D eigenvalue weighted by molar-refractivity contribution is 6.02. The molecule has 0 fully saturated rings. The average molecular weight is 283 g/mol. The molecule has 1 aromatic carbocycles. The maximum absolute atomic E-state index is 11.7. The molecule has 8 nitrogen and oxygen atoms in total. The molecule has 0 saturated heterocycles. The van der Waals surface area contributed by atoms with Crippen molar-refractivity contribution in [2.75, 3.05) is 13.2 Å². The number of aromatic hydroxyl groups is 1. The van der Waals surface area contributed by atoms with Crippen molar-refractivity contribution in [2.45, 2.75) is 13.8 Å². The average Bonchev–Trinajstić information content (AvgIpc) is 2.37. The number of phenols is 1. The summed E-state index contributed by atoms with van der Waals surface area (Å²) >= 11 is 0. The topological polar surface area (TPSA) is 116 Å². The van der Waals surface area contributed by atoms with Gasteiger partial charge in [-0.15, -0.1) is 0 Å². The van der Waals surface area contributed by atoms with E-state index in [1.54, 1.807) is 0 Å². The van der Waals surface area contributed by atoms with Crippen molar-refractivity contribution < 1.29 is 29.1 Å². The minimum atomic E-state index is -0.999. The van der Waals surface area contributed by atoms with Crippen molar-refractivity contribution in [1.82, 2.24) is 0 Å². The number of carbonyl (C=O) groups excluding carboxylic acids is 2. The fourth-order valence-electron chi connectivity index (χ4n) is 1.54. The Morgan fingerprint density at radius 3 is 1.85 bits per heavy atom. The van der Waals surface area contributed by atoms with Crippen molar-refractivity contribution in [2.24, 2.45) is 0 Å². The quantitative estimate of drug-likeness (QED) is 0.496. The number of nitro groups is 1. The van der Waals surface area contributed by atoms with Gasteiger partial charge < -0.3 is 14.6 Å². The molecule has 8 heteroatoms. The maximum atomic E-state index is 11.7. The van der Waals surface area contributed by atoms with Gasteiger partial charge in [0, 0.05) is 12.1 Å². The lowest BCUT2D eigenvalue weighted by molar-refractivity contribution is -0.385. The first-order chi connectivity index (χ1) is 9.42. The first kappa shape index (κ1) is 15.4. The van der Waals surface area contributed by atoms with E-state index in [2.05, 4.69) is 9.47 Å². The molecule has 1 N–H and O–H groups in total. The van der Waals surface area contributed by atoms with E-state index in [9.17, 15) is 24.8 Å². The normalized spacial score (nSPS) is 9.90. The van der Waals surface area contributed by atoms with Crippen molar-refractivity contribution in [3.8, 4) is 5.75 Å². The third-order valence-corrected chi connectivity index (χ3v) is 2.27. The van der Waals surface area contributed by atoms with Crippen LogP contribution in [-0.4, -0.2) is 35.2 Å². The van der Waals surface area contributed by atoms with Gasteiger partial charge in [0.1, 0.15) is 16.9 Å². The molecule has 0 aliphatic carbocycles. The van der Waals surface area contributed by atoms with Crippen LogP contribution in [0.3, 0.4) is 0 Å². The van der Waals surface area contributed by atoms with Gasteiger partial charge in [-0.3, -0.25) is 10.1 Å². The highest BCUT2D eigenvalue weighted by Gasteiger charge is 2.31. The molecule has 1 rings (SSSR count). The summed E-state index contributed by atoms with van der Waals surface area (Å²) in [6.07, 6.45) is 0. The smallest absolute Gasteiger partial charge is 0.345 e. The number of hydrogen-bond acceptors (Lipinski definition) is 7. The standard InChI is InChI=1S/C12H13NO7/c1-3-19-11(15)8-5-7(14)6-9(10(8)13(17)18)12(16)20-4-2/h5-6,14H,3-4H2,1-2H3. The van der Waals surface area contributed by atoms with Gasteiger partial charge in [-0.2, -0.15) is 0 Å². The molecule has 0 aliphatic heterocycles. The predicted octanol–water partition coefficient (Wildman–Crippen LogP) is 1.65. The number of benzene rings is 1. The molecule has 0 aliphatic rings. The molecule has 108 valence electrons. The number of phenolic OH excluding ortho intramolecular Hbond substituents is 1. The summed E-state index contributed by atoms with van der Waals surface area (Å²) in [6, 6.07) is 1.75. The largest absolute Gasteiger partial charge is 0.508 e. The highest BCUT2D eigenvalue weighted by Crippen LogP contribution is 2.30. The summed E-state index contributed by atoms with van der Waals surface area (Å²) in [7, 11) is 0. The van der Waals surface area contributed by atoms with Gasteiger partial charge in [0.2, 0.25) is 0 Å². The van der Waals surface area contributed by atoms with E-state index in [4.69, 9.17) is 0 Å². The van der Waals surface area contributed by atoms with Gasteiger partial charge >= 0.3 is 11.9 Å². The molecule has 0 bridgehead atoms. The van der Waals surface area contributed by atoms with Crippen LogP contribution in [0.2, 0.25) is 0 Å². The number of carbonyl (C=O) groups is 2. The Hall–Kier alpha value is -2.64. The van der Waals surface area contributed by atoms with Gasteiger partial charge in [-0.25, -0.2) is 9.59 Å². The molecule has 0 unspecified atom stereocenters. The Balaban J connectivity index is 3.47. The fourth-order valence-corrected chi connectivity index (χ4v) is 1.54. The molecule has 20 heavy (non-hydrogen) atoms. The molecular weight excluding hydrogens is 270 g/mol.